The van der Waals surface area contributed by atoms with Crippen molar-refractivity contribution in [1.82, 2.24) is 19.7 Å². The van der Waals surface area contributed by atoms with E-state index in [4.69, 9.17) is 4.42 Å². The van der Waals surface area contributed by atoms with Crippen LogP contribution in [0.1, 0.15) is 0 Å². The molecule has 0 spiro atoms. The molecule has 0 aliphatic rings. The average Bonchev–Trinajstić information content (AvgIpc) is 3.42. The summed E-state index contributed by atoms with van der Waals surface area (Å²) in [6, 6.07) is 9.63. The number of carbonyl (C=O) groups excluding carboxylic acids is 1. The van der Waals surface area contributed by atoms with Crippen LogP contribution in [0.15, 0.2) is 57.6 Å². The van der Waals surface area contributed by atoms with Crippen molar-refractivity contribution in [1.29, 1.82) is 0 Å². The topological polar surface area (TPSA) is 85.8 Å². The maximum Gasteiger partial charge on any atom is 0.236 e. The number of thioether (sulfide) groups is 1. The van der Waals surface area contributed by atoms with Crippen LogP contribution in [0.2, 0.25) is 0 Å². The quantitative estimate of drug-likeness (QED) is 0.478. The van der Waals surface area contributed by atoms with Gasteiger partial charge in [-0.15, -0.1) is 21.5 Å². The number of anilines is 1. The Morgan fingerprint density at radius 1 is 1.29 bits per heavy atom. The summed E-state index contributed by atoms with van der Waals surface area (Å²) in [5.74, 6) is 0.866. The Bertz CT molecular complexity index is 1090. The number of nitrogens with one attached hydrogen (secondary N) is 1. The highest BCUT2D eigenvalue weighted by Gasteiger charge is 2.15. The van der Waals surface area contributed by atoms with Crippen molar-refractivity contribution in [3.8, 4) is 22.8 Å². The summed E-state index contributed by atoms with van der Waals surface area (Å²) in [5, 5.41) is 13.9. The molecule has 7 nitrogen and oxygen atoms in total. The van der Waals surface area contributed by atoms with Crippen molar-refractivity contribution in [3.63, 3.8) is 0 Å². The lowest BCUT2D eigenvalue weighted by Crippen LogP contribution is -2.14. The molecule has 0 saturated heterocycles. The van der Waals surface area contributed by atoms with Gasteiger partial charge in [0, 0.05) is 18.0 Å². The number of hydrogen-bond acceptors (Lipinski definition) is 7. The first kappa shape index (κ1) is 18.4. The van der Waals surface area contributed by atoms with Gasteiger partial charge in [-0.3, -0.25) is 4.79 Å². The molecule has 0 atom stereocenters. The van der Waals surface area contributed by atoms with E-state index in [1.54, 1.807) is 35.1 Å². The van der Waals surface area contributed by atoms with Gasteiger partial charge in [-0.1, -0.05) is 11.8 Å². The molecule has 10 heteroatoms. The molecule has 3 heterocycles. The minimum Gasteiger partial charge on any atom is -0.461 e. The fraction of sp³-hybridized carbons (Fsp3) is 0.111. The molecular weight excluding hydrogens is 401 g/mol. The summed E-state index contributed by atoms with van der Waals surface area (Å²) in [7, 11) is 1.81. The van der Waals surface area contributed by atoms with Crippen LogP contribution in [0.25, 0.3) is 22.8 Å². The number of halogens is 1. The second-order valence-corrected chi connectivity index (χ2v) is 7.52. The first-order valence-electron chi connectivity index (χ1n) is 8.17. The Kier molecular flexibility index (Phi) is 5.22. The van der Waals surface area contributed by atoms with E-state index < -0.39 is 0 Å². The molecule has 0 unspecified atom stereocenters. The lowest BCUT2D eigenvalue weighted by molar-refractivity contribution is -0.113. The predicted molar refractivity (Wildman–Crippen MR) is 106 cm³/mol. The Hall–Kier alpha value is -2.98. The van der Waals surface area contributed by atoms with Crippen molar-refractivity contribution in [2.45, 2.75) is 5.16 Å². The van der Waals surface area contributed by atoms with Gasteiger partial charge in [-0.25, -0.2) is 9.37 Å². The minimum atomic E-state index is -0.302. The highest BCUT2D eigenvalue weighted by Crippen LogP contribution is 2.26. The summed E-state index contributed by atoms with van der Waals surface area (Å²) in [6.07, 6.45) is 1.57. The van der Waals surface area contributed by atoms with Crippen molar-refractivity contribution in [2.24, 2.45) is 7.05 Å². The van der Waals surface area contributed by atoms with E-state index >= 15 is 0 Å². The number of aromatic nitrogens is 4. The Morgan fingerprint density at radius 2 is 2.11 bits per heavy atom. The molecule has 0 bridgehead atoms. The minimum absolute atomic E-state index is 0.162. The number of amides is 1. The van der Waals surface area contributed by atoms with Gasteiger partial charge in [0.05, 0.1) is 17.7 Å². The van der Waals surface area contributed by atoms with E-state index in [2.05, 4.69) is 20.5 Å². The molecule has 0 saturated carbocycles. The fourth-order valence-electron chi connectivity index (χ4n) is 2.43. The number of benzene rings is 1. The molecule has 4 aromatic rings. The van der Waals surface area contributed by atoms with Gasteiger partial charge in [0.25, 0.3) is 0 Å². The lowest BCUT2D eigenvalue weighted by atomic mass is 10.2. The molecule has 4 rings (SSSR count). The highest BCUT2D eigenvalue weighted by atomic mass is 32.2. The van der Waals surface area contributed by atoms with Gasteiger partial charge in [0.15, 0.2) is 21.9 Å². The van der Waals surface area contributed by atoms with Crippen molar-refractivity contribution >= 4 is 34.1 Å². The summed E-state index contributed by atoms with van der Waals surface area (Å²) in [4.78, 5) is 16.6. The molecule has 0 aliphatic carbocycles. The largest absolute Gasteiger partial charge is 0.461 e. The Morgan fingerprint density at radius 3 is 2.86 bits per heavy atom. The molecule has 3 aromatic heterocycles. The number of nitrogens with zero attached hydrogens (tertiary/aromatic N) is 4. The van der Waals surface area contributed by atoms with E-state index in [0.29, 0.717) is 27.6 Å². The third-order valence-corrected chi connectivity index (χ3v) is 5.58. The van der Waals surface area contributed by atoms with Gasteiger partial charge < -0.3 is 14.3 Å². The van der Waals surface area contributed by atoms with Crippen LogP contribution in [-0.2, 0) is 11.8 Å². The van der Waals surface area contributed by atoms with Crippen LogP contribution in [0, 0.1) is 5.82 Å². The van der Waals surface area contributed by atoms with Crippen molar-refractivity contribution in [3.05, 3.63) is 53.9 Å². The van der Waals surface area contributed by atoms with Crippen LogP contribution in [0.5, 0.6) is 0 Å². The summed E-state index contributed by atoms with van der Waals surface area (Å²) in [6.45, 7) is 0. The first-order valence-corrected chi connectivity index (χ1v) is 10.0. The smallest absolute Gasteiger partial charge is 0.236 e. The number of thiazole rings is 1. The van der Waals surface area contributed by atoms with Crippen LogP contribution in [0.3, 0.4) is 0 Å². The third kappa shape index (κ3) is 3.97. The zero-order valence-corrected chi connectivity index (χ0v) is 16.3. The SMILES string of the molecule is Cn1c(SCC(=O)Nc2nc(-c3ccc(F)cc3)cs2)nnc1-c1ccco1. The maximum absolute atomic E-state index is 13.0. The normalized spacial score (nSPS) is 10.9. The highest BCUT2D eigenvalue weighted by molar-refractivity contribution is 7.99. The monoisotopic (exact) mass is 415 g/mol. The van der Waals surface area contributed by atoms with E-state index in [-0.39, 0.29) is 17.5 Å². The molecule has 1 amide bonds. The van der Waals surface area contributed by atoms with Crippen LogP contribution in [-0.4, -0.2) is 31.4 Å². The van der Waals surface area contributed by atoms with Gasteiger partial charge >= 0.3 is 0 Å². The summed E-state index contributed by atoms with van der Waals surface area (Å²) in [5.41, 5.74) is 1.47. The molecule has 142 valence electrons. The molecule has 1 N–H and O–H groups in total. The molecule has 28 heavy (non-hydrogen) atoms. The third-order valence-electron chi connectivity index (χ3n) is 3.80. The molecule has 0 fully saturated rings. The zero-order valence-electron chi connectivity index (χ0n) is 14.6. The predicted octanol–water partition coefficient (Wildman–Crippen LogP) is 4.07. The summed E-state index contributed by atoms with van der Waals surface area (Å²) >= 11 is 2.58. The van der Waals surface area contributed by atoms with Gasteiger partial charge in [0.1, 0.15) is 5.82 Å². The van der Waals surface area contributed by atoms with E-state index in [1.165, 1.54) is 35.2 Å². The standard InChI is InChI=1S/C18H14FN5O2S2/c1-24-16(14-3-2-8-26-14)22-23-18(24)28-10-15(25)21-17-20-13(9-27-17)11-4-6-12(19)7-5-11/h2-9H,10H2,1H3,(H,20,21,25). The maximum atomic E-state index is 13.0. The van der Waals surface area contributed by atoms with Crippen molar-refractivity contribution in [2.75, 3.05) is 11.1 Å². The molecule has 0 radical (unpaired) electrons. The summed E-state index contributed by atoms with van der Waals surface area (Å²) < 4.78 is 20.1. The molecular formula is C18H14FN5O2S2. The lowest BCUT2D eigenvalue weighted by Gasteiger charge is -2.03. The molecule has 1 aromatic carbocycles. The van der Waals surface area contributed by atoms with Crippen LogP contribution >= 0.6 is 23.1 Å². The van der Waals surface area contributed by atoms with E-state index in [0.717, 1.165) is 5.56 Å². The van der Waals surface area contributed by atoms with Gasteiger partial charge in [0.2, 0.25) is 5.91 Å². The van der Waals surface area contributed by atoms with Crippen LogP contribution in [0.4, 0.5) is 9.52 Å². The average molecular weight is 415 g/mol. The second kappa shape index (κ2) is 7.95. The molecule has 0 aliphatic heterocycles. The number of rotatable bonds is 6. The van der Waals surface area contributed by atoms with Crippen LogP contribution < -0.4 is 5.32 Å². The van der Waals surface area contributed by atoms with E-state index in [9.17, 15) is 9.18 Å². The Balaban J connectivity index is 1.36. The zero-order chi connectivity index (χ0) is 19.5. The van der Waals surface area contributed by atoms with Gasteiger partial charge in [-0.05, 0) is 36.4 Å². The number of carbonyl (C=O) groups is 1. The van der Waals surface area contributed by atoms with Gasteiger partial charge in [-0.2, -0.15) is 0 Å². The van der Waals surface area contributed by atoms with Crippen molar-refractivity contribution < 1.29 is 13.6 Å². The number of furan rings is 1. The second-order valence-electron chi connectivity index (χ2n) is 5.72. The first-order chi connectivity index (χ1) is 13.6. The van der Waals surface area contributed by atoms with E-state index in [1.807, 2.05) is 12.4 Å². The fourth-order valence-corrected chi connectivity index (χ4v) is 3.88. The Labute approximate surface area is 167 Å². The number of hydrogen-bond donors (Lipinski definition) is 1.